The van der Waals surface area contributed by atoms with Crippen LogP contribution in [0.3, 0.4) is 0 Å². The zero-order valence-electron chi connectivity index (χ0n) is 10.4. The summed E-state index contributed by atoms with van der Waals surface area (Å²) in [4.78, 5) is 14.8. The van der Waals surface area contributed by atoms with E-state index < -0.39 is 0 Å². The third-order valence-corrected chi connectivity index (χ3v) is 3.50. The molecule has 1 aromatic heterocycles. The Morgan fingerprint density at radius 3 is 2.82 bits per heavy atom. The molecule has 0 aliphatic rings. The highest BCUT2D eigenvalue weighted by molar-refractivity contribution is 7.09. The van der Waals surface area contributed by atoms with E-state index in [-0.39, 0.29) is 24.4 Å². The van der Waals surface area contributed by atoms with Gasteiger partial charge in [0.2, 0.25) is 5.91 Å². The van der Waals surface area contributed by atoms with E-state index in [0.717, 1.165) is 25.8 Å². The standard InChI is InChI=1S/C12H20N2OS.ClH/c1-3-5-11(13)12(15)14(2)8-7-10-6-4-9-16-10;/h4,6,9,11H,3,5,7-8,13H2,1-2H3;1H. The zero-order chi connectivity index (χ0) is 12.0. The van der Waals surface area contributed by atoms with Crippen molar-refractivity contribution in [3.8, 4) is 0 Å². The summed E-state index contributed by atoms with van der Waals surface area (Å²) in [7, 11) is 1.82. The van der Waals surface area contributed by atoms with E-state index in [1.807, 2.05) is 20.0 Å². The first kappa shape index (κ1) is 16.4. The average molecular weight is 277 g/mol. The lowest BCUT2D eigenvalue weighted by atomic mass is 10.1. The van der Waals surface area contributed by atoms with Gasteiger partial charge in [-0.3, -0.25) is 4.79 Å². The Morgan fingerprint density at radius 1 is 1.59 bits per heavy atom. The normalized spacial score (nSPS) is 11.7. The van der Waals surface area contributed by atoms with Gasteiger partial charge in [-0.1, -0.05) is 19.4 Å². The number of rotatable bonds is 6. The number of likely N-dealkylation sites (N-methyl/N-ethyl adjacent to an activating group) is 1. The van der Waals surface area contributed by atoms with E-state index in [2.05, 4.69) is 11.4 Å². The van der Waals surface area contributed by atoms with Gasteiger partial charge < -0.3 is 10.6 Å². The average Bonchev–Trinajstić information content (AvgIpc) is 2.78. The lowest BCUT2D eigenvalue weighted by Crippen LogP contribution is -2.42. The molecular weight excluding hydrogens is 256 g/mol. The Bertz CT molecular complexity index is 316. The minimum atomic E-state index is -0.335. The molecule has 98 valence electrons. The first-order valence-corrected chi connectivity index (χ1v) is 6.56. The number of nitrogens with zero attached hydrogens (tertiary/aromatic N) is 1. The van der Waals surface area contributed by atoms with Crippen molar-refractivity contribution in [1.29, 1.82) is 0 Å². The fourth-order valence-corrected chi connectivity index (χ4v) is 2.26. The maximum absolute atomic E-state index is 11.8. The van der Waals surface area contributed by atoms with Crippen LogP contribution in [0.15, 0.2) is 17.5 Å². The molecular formula is C12H21ClN2OS. The Hall–Kier alpha value is -0.580. The monoisotopic (exact) mass is 276 g/mol. The topological polar surface area (TPSA) is 46.3 Å². The Kier molecular flexibility index (Phi) is 8.21. The van der Waals surface area contributed by atoms with Crippen molar-refractivity contribution in [2.45, 2.75) is 32.2 Å². The summed E-state index contributed by atoms with van der Waals surface area (Å²) < 4.78 is 0. The molecule has 0 bridgehead atoms. The Balaban J connectivity index is 0.00000256. The Labute approximate surface area is 113 Å². The van der Waals surface area contributed by atoms with Gasteiger partial charge in [0.1, 0.15) is 0 Å². The van der Waals surface area contributed by atoms with Crippen LogP contribution in [0.4, 0.5) is 0 Å². The van der Waals surface area contributed by atoms with Crippen molar-refractivity contribution in [2.75, 3.05) is 13.6 Å². The number of carbonyl (C=O) groups is 1. The second-order valence-corrected chi connectivity index (χ2v) is 5.02. The summed E-state index contributed by atoms with van der Waals surface area (Å²) in [6.45, 7) is 2.79. The predicted molar refractivity (Wildman–Crippen MR) is 75.8 cm³/mol. The third kappa shape index (κ3) is 5.52. The predicted octanol–water partition coefficient (Wildman–Crippen LogP) is 2.30. The van der Waals surface area contributed by atoms with Crippen LogP contribution in [0.5, 0.6) is 0 Å². The van der Waals surface area contributed by atoms with E-state index in [0.29, 0.717) is 0 Å². The van der Waals surface area contributed by atoms with Crippen molar-refractivity contribution in [2.24, 2.45) is 5.73 Å². The number of nitrogens with two attached hydrogens (primary N) is 1. The smallest absolute Gasteiger partial charge is 0.239 e. The molecule has 3 nitrogen and oxygen atoms in total. The number of hydrogen-bond acceptors (Lipinski definition) is 3. The van der Waals surface area contributed by atoms with E-state index >= 15 is 0 Å². The zero-order valence-corrected chi connectivity index (χ0v) is 12.0. The molecule has 1 aromatic rings. The summed E-state index contributed by atoms with van der Waals surface area (Å²) in [6.07, 6.45) is 2.63. The molecule has 0 aliphatic heterocycles. The van der Waals surface area contributed by atoms with Crippen molar-refractivity contribution in [3.63, 3.8) is 0 Å². The molecule has 0 aliphatic carbocycles. The second-order valence-electron chi connectivity index (χ2n) is 3.98. The van der Waals surface area contributed by atoms with E-state index in [4.69, 9.17) is 5.73 Å². The van der Waals surface area contributed by atoms with Crippen molar-refractivity contribution in [3.05, 3.63) is 22.4 Å². The molecule has 0 radical (unpaired) electrons. The molecule has 1 heterocycles. The second kappa shape index (κ2) is 8.50. The first-order valence-electron chi connectivity index (χ1n) is 5.68. The van der Waals surface area contributed by atoms with Crippen LogP contribution >= 0.6 is 23.7 Å². The van der Waals surface area contributed by atoms with Crippen LogP contribution in [0.1, 0.15) is 24.6 Å². The summed E-state index contributed by atoms with van der Waals surface area (Å²) in [6, 6.07) is 3.79. The summed E-state index contributed by atoms with van der Waals surface area (Å²) in [5, 5.41) is 2.06. The van der Waals surface area contributed by atoms with Gasteiger partial charge in [-0.25, -0.2) is 0 Å². The maximum atomic E-state index is 11.8. The number of thiophene rings is 1. The largest absolute Gasteiger partial charge is 0.344 e. The lowest BCUT2D eigenvalue weighted by Gasteiger charge is -2.20. The van der Waals surface area contributed by atoms with E-state index in [1.165, 1.54) is 4.88 Å². The van der Waals surface area contributed by atoms with Crippen molar-refractivity contribution in [1.82, 2.24) is 4.90 Å². The highest BCUT2D eigenvalue weighted by atomic mass is 35.5. The molecule has 5 heteroatoms. The molecule has 0 aromatic carbocycles. The van der Waals surface area contributed by atoms with Crippen LogP contribution in [0.25, 0.3) is 0 Å². The highest BCUT2D eigenvalue weighted by Gasteiger charge is 2.16. The van der Waals surface area contributed by atoms with E-state index in [1.54, 1.807) is 16.2 Å². The van der Waals surface area contributed by atoms with Gasteiger partial charge in [0.05, 0.1) is 6.04 Å². The summed E-state index contributed by atoms with van der Waals surface area (Å²) in [5.74, 6) is 0.0541. The van der Waals surface area contributed by atoms with Crippen LogP contribution in [-0.2, 0) is 11.2 Å². The molecule has 0 saturated carbocycles. The maximum Gasteiger partial charge on any atom is 0.239 e. The van der Waals surface area contributed by atoms with Crippen LogP contribution < -0.4 is 5.73 Å². The van der Waals surface area contributed by atoms with Gasteiger partial charge in [-0.05, 0) is 24.3 Å². The van der Waals surface area contributed by atoms with Crippen LogP contribution in [0, 0.1) is 0 Å². The molecule has 1 unspecified atom stereocenters. The number of carbonyl (C=O) groups excluding carboxylic acids is 1. The lowest BCUT2D eigenvalue weighted by molar-refractivity contribution is -0.131. The van der Waals surface area contributed by atoms with Crippen LogP contribution in [-0.4, -0.2) is 30.4 Å². The van der Waals surface area contributed by atoms with Gasteiger partial charge in [0.25, 0.3) is 0 Å². The molecule has 0 saturated heterocycles. The fraction of sp³-hybridized carbons (Fsp3) is 0.583. The minimum Gasteiger partial charge on any atom is -0.344 e. The first-order chi connectivity index (χ1) is 7.65. The summed E-state index contributed by atoms with van der Waals surface area (Å²) in [5.41, 5.74) is 5.79. The van der Waals surface area contributed by atoms with Crippen LogP contribution in [0.2, 0.25) is 0 Å². The number of halogens is 1. The molecule has 0 spiro atoms. The quantitative estimate of drug-likeness (QED) is 0.867. The number of hydrogen-bond donors (Lipinski definition) is 1. The number of amides is 1. The Morgan fingerprint density at radius 2 is 2.29 bits per heavy atom. The molecule has 1 amide bonds. The molecule has 1 rings (SSSR count). The summed E-state index contributed by atoms with van der Waals surface area (Å²) >= 11 is 1.73. The third-order valence-electron chi connectivity index (χ3n) is 2.57. The van der Waals surface area contributed by atoms with Gasteiger partial charge >= 0.3 is 0 Å². The van der Waals surface area contributed by atoms with Gasteiger partial charge in [0.15, 0.2) is 0 Å². The van der Waals surface area contributed by atoms with Gasteiger partial charge in [-0.15, -0.1) is 23.7 Å². The van der Waals surface area contributed by atoms with Crippen molar-refractivity contribution >= 4 is 29.7 Å². The molecule has 2 N–H and O–H groups in total. The molecule has 1 atom stereocenters. The minimum absolute atomic E-state index is 0. The SMILES string of the molecule is CCCC(N)C(=O)N(C)CCc1cccs1.Cl. The fourth-order valence-electron chi connectivity index (χ4n) is 1.56. The van der Waals surface area contributed by atoms with Crippen molar-refractivity contribution < 1.29 is 4.79 Å². The highest BCUT2D eigenvalue weighted by Crippen LogP contribution is 2.09. The van der Waals surface area contributed by atoms with Gasteiger partial charge in [0, 0.05) is 18.5 Å². The molecule has 0 fully saturated rings. The van der Waals surface area contributed by atoms with E-state index in [9.17, 15) is 4.79 Å². The van der Waals surface area contributed by atoms with Gasteiger partial charge in [-0.2, -0.15) is 0 Å². The molecule has 17 heavy (non-hydrogen) atoms.